The molecule has 2 nitrogen and oxygen atoms in total. The molecule has 0 saturated carbocycles. The van der Waals surface area contributed by atoms with Crippen LogP contribution in [0.25, 0.3) is 0 Å². The fraction of sp³-hybridized carbons (Fsp3) is 0.667. The predicted molar refractivity (Wildman–Crippen MR) is 47.1 cm³/mol. The van der Waals surface area contributed by atoms with Crippen molar-refractivity contribution in [3.8, 4) is 0 Å². The van der Waals surface area contributed by atoms with Gasteiger partial charge in [0.25, 0.3) is 0 Å². The van der Waals surface area contributed by atoms with Crippen molar-refractivity contribution in [2.45, 2.75) is 13.3 Å². The number of nitrogens with zero attached hydrogens (tertiary/aromatic N) is 1. The zero-order chi connectivity index (χ0) is 7.56. The number of carbonyl (C=O) groups excluding carboxylic acids is 1. The summed E-state index contributed by atoms with van der Waals surface area (Å²) in [6.07, 6.45) is 0.979. The number of hydrogen-bond acceptors (Lipinski definition) is 3. The lowest BCUT2D eigenvalue weighted by Gasteiger charge is -2.12. The molecule has 0 atom stereocenters. The van der Waals surface area contributed by atoms with E-state index in [1.54, 1.807) is 4.90 Å². The van der Waals surface area contributed by atoms with E-state index in [9.17, 15) is 4.79 Å². The first-order chi connectivity index (χ1) is 4.75. The van der Waals surface area contributed by atoms with Crippen molar-refractivity contribution < 1.29 is 4.79 Å². The standard InChI is InChI=1S/C6H9NOS2/c1-2-3-7-5(8)4-10-6(7)9/h2-4H2,1H3. The lowest BCUT2D eigenvalue weighted by atomic mass is 10.4. The fourth-order valence-electron chi connectivity index (χ4n) is 0.821. The van der Waals surface area contributed by atoms with Crippen LogP contribution in [0.4, 0.5) is 0 Å². The second-order valence-electron chi connectivity index (χ2n) is 2.10. The summed E-state index contributed by atoms with van der Waals surface area (Å²) < 4.78 is 0.742. The summed E-state index contributed by atoms with van der Waals surface area (Å²) in [5.41, 5.74) is 0. The number of thiocarbonyl (C=S) groups is 1. The molecule has 0 radical (unpaired) electrons. The van der Waals surface area contributed by atoms with E-state index in [1.165, 1.54) is 11.8 Å². The maximum absolute atomic E-state index is 11.0. The number of carbonyl (C=O) groups is 1. The average Bonchev–Trinajstić information content (AvgIpc) is 2.20. The lowest BCUT2D eigenvalue weighted by Crippen LogP contribution is -2.28. The summed E-state index contributed by atoms with van der Waals surface area (Å²) in [5.74, 6) is 0.704. The summed E-state index contributed by atoms with van der Waals surface area (Å²) in [6, 6.07) is 0. The van der Waals surface area contributed by atoms with E-state index in [2.05, 4.69) is 0 Å². The number of rotatable bonds is 2. The second kappa shape index (κ2) is 3.34. The maximum Gasteiger partial charge on any atom is 0.238 e. The summed E-state index contributed by atoms with van der Waals surface area (Å²) >= 11 is 6.41. The van der Waals surface area contributed by atoms with Crippen molar-refractivity contribution in [2.24, 2.45) is 0 Å². The zero-order valence-corrected chi connectivity index (χ0v) is 7.43. The van der Waals surface area contributed by atoms with Crippen LogP contribution in [-0.2, 0) is 4.79 Å². The molecular weight excluding hydrogens is 166 g/mol. The van der Waals surface area contributed by atoms with Crippen molar-refractivity contribution in [1.29, 1.82) is 0 Å². The summed E-state index contributed by atoms with van der Waals surface area (Å²) in [5, 5.41) is 0. The van der Waals surface area contributed by atoms with Crippen LogP contribution in [0, 0.1) is 0 Å². The predicted octanol–water partition coefficient (Wildman–Crippen LogP) is 1.26. The molecule has 1 rings (SSSR count). The minimum absolute atomic E-state index is 0.164. The number of hydrogen-bond donors (Lipinski definition) is 0. The molecule has 1 saturated heterocycles. The topological polar surface area (TPSA) is 20.3 Å². The monoisotopic (exact) mass is 175 g/mol. The van der Waals surface area contributed by atoms with Gasteiger partial charge in [-0.3, -0.25) is 9.69 Å². The van der Waals surface area contributed by atoms with Crippen molar-refractivity contribution in [3.05, 3.63) is 0 Å². The SMILES string of the molecule is CCCN1C(=O)CSC1=S. The highest BCUT2D eigenvalue weighted by Crippen LogP contribution is 2.18. The highest BCUT2D eigenvalue weighted by atomic mass is 32.2. The van der Waals surface area contributed by atoms with Crippen LogP contribution in [0.15, 0.2) is 0 Å². The largest absolute Gasteiger partial charge is 0.297 e. The fourth-order valence-corrected chi connectivity index (χ4v) is 1.94. The highest BCUT2D eigenvalue weighted by Gasteiger charge is 2.24. The van der Waals surface area contributed by atoms with Gasteiger partial charge in [0, 0.05) is 6.54 Å². The van der Waals surface area contributed by atoms with Gasteiger partial charge in [0.1, 0.15) is 4.32 Å². The van der Waals surface area contributed by atoms with Gasteiger partial charge >= 0.3 is 0 Å². The third-order valence-corrected chi connectivity index (χ3v) is 2.72. The summed E-state index contributed by atoms with van der Waals surface area (Å²) in [7, 11) is 0. The molecule has 0 spiro atoms. The van der Waals surface area contributed by atoms with E-state index in [1.807, 2.05) is 6.92 Å². The molecule has 1 heterocycles. The van der Waals surface area contributed by atoms with Crippen LogP contribution in [0.2, 0.25) is 0 Å². The third kappa shape index (κ3) is 1.49. The third-order valence-electron chi connectivity index (χ3n) is 1.29. The van der Waals surface area contributed by atoms with E-state index in [0.717, 1.165) is 17.3 Å². The zero-order valence-electron chi connectivity index (χ0n) is 5.79. The van der Waals surface area contributed by atoms with Crippen molar-refractivity contribution >= 4 is 34.2 Å². The van der Waals surface area contributed by atoms with E-state index < -0.39 is 0 Å². The Hall–Kier alpha value is -0.0900. The van der Waals surface area contributed by atoms with Crippen LogP contribution >= 0.6 is 24.0 Å². The maximum atomic E-state index is 11.0. The first-order valence-electron chi connectivity index (χ1n) is 3.23. The van der Waals surface area contributed by atoms with Crippen LogP contribution < -0.4 is 0 Å². The molecule has 4 heteroatoms. The molecule has 1 aliphatic rings. The molecule has 1 aliphatic heterocycles. The molecular formula is C6H9NOS2. The van der Waals surface area contributed by atoms with Gasteiger partial charge in [0.2, 0.25) is 5.91 Å². The van der Waals surface area contributed by atoms with Crippen LogP contribution in [-0.4, -0.2) is 27.4 Å². The number of amides is 1. The van der Waals surface area contributed by atoms with Gasteiger partial charge < -0.3 is 0 Å². The van der Waals surface area contributed by atoms with Gasteiger partial charge in [-0.2, -0.15) is 0 Å². The quantitative estimate of drug-likeness (QED) is 0.589. The van der Waals surface area contributed by atoms with Gasteiger partial charge in [-0.15, -0.1) is 0 Å². The van der Waals surface area contributed by atoms with E-state index in [4.69, 9.17) is 12.2 Å². The molecule has 0 aromatic heterocycles. The van der Waals surface area contributed by atoms with Crippen molar-refractivity contribution in [3.63, 3.8) is 0 Å². The molecule has 0 aliphatic carbocycles. The van der Waals surface area contributed by atoms with Gasteiger partial charge in [0.05, 0.1) is 5.75 Å². The van der Waals surface area contributed by atoms with Crippen LogP contribution in [0.5, 0.6) is 0 Å². The van der Waals surface area contributed by atoms with Crippen LogP contribution in [0.3, 0.4) is 0 Å². The Morgan fingerprint density at radius 3 is 2.90 bits per heavy atom. The molecule has 10 heavy (non-hydrogen) atoms. The average molecular weight is 175 g/mol. The van der Waals surface area contributed by atoms with Crippen molar-refractivity contribution in [1.82, 2.24) is 4.90 Å². The molecule has 0 N–H and O–H groups in total. The highest BCUT2D eigenvalue weighted by molar-refractivity contribution is 8.23. The number of thioether (sulfide) groups is 1. The van der Waals surface area contributed by atoms with E-state index in [0.29, 0.717) is 5.75 Å². The van der Waals surface area contributed by atoms with Crippen molar-refractivity contribution in [2.75, 3.05) is 12.3 Å². The lowest BCUT2D eigenvalue weighted by molar-refractivity contribution is -0.124. The molecule has 1 amide bonds. The Balaban J connectivity index is 2.54. The Morgan fingerprint density at radius 1 is 1.80 bits per heavy atom. The van der Waals surface area contributed by atoms with Gasteiger partial charge in [-0.1, -0.05) is 30.9 Å². The van der Waals surface area contributed by atoms with Gasteiger partial charge in [-0.25, -0.2) is 0 Å². The van der Waals surface area contributed by atoms with Crippen LogP contribution in [0.1, 0.15) is 13.3 Å². The Labute approximate surface area is 70.0 Å². The van der Waals surface area contributed by atoms with Gasteiger partial charge in [-0.05, 0) is 6.42 Å². The Morgan fingerprint density at radius 2 is 2.50 bits per heavy atom. The van der Waals surface area contributed by atoms with E-state index in [-0.39, 0.29) is 5.91 Å². The normalized spacial score (nSPS) is 18.7. The summed E-state index contributed by atoms with van der Waals surface area (Å²) in [6.45, 7) is 2.82. The first kappa shape index (κ1) is 8.01. The molecule has 0 aromatic rings. The molecule has 1 fully saturated rings. The summed E-state index contributed by atoms with van der Waals surface area (Å²) in [4.78, 5) is 12.7. The van der Waals surface area contributed by atoms with Gasteiger partial charge in [0.15, 0.2) is 0 Å². The second-order valence-corrected chi connectivity index (χ2v) is 3.71. The smallest absolute Gasteiger partial charge is 0.238 e. The molecule has 56 valence electrons. The Bertz CT molecular complexity index is 153. The minimum atomic E-state index is 0.164. The molecule has 0 aromatic carbocycles. The Kier molecular flexibility index (Phi) is 2.68. The molecule has 0 unspecified atom stereocenters. The molecule has 0 bridgehead atoms. The van der Waals surface area contributed by atoms with E-state index >= 15 is 0 Å². The minimum Gasteiger partial charge on any atom is -0.297 e. The first-order valence-corrected chi connectivity index (χ1v) is 4.62.